The van der Waals surface area contributed by atoms with Gasteiger partial charge in [0, 0.05) is 25.7 Å². The van der Waals surface area contributed by atoms with Gasteiger partial charge in [-0.2, -0.15) is 0 Å². The number of phosphoric acid groups is 2. The van der Waals surface area contributed by atoms with Crippen LogP contribution < -0.4 is 0 Å². The van der Waals surface area contributed by atoms with Gasteiger partial charge in [-0.05, 0) is 37.5 Å². The molecule has 0 aliphatic carbocycles. The summed E-state index contributed by atoms with van der Waals surface area (Å²) in [5.41, 5.74) is 0. The van der Waals surface area contributed by atoms with Crippen molar-refractivity contribution in [2.75, 3.05) is 39.6 Å². The van der Waals surface area contributed by atoms with Crippen LogP contribution in [0, 0.1) is 11.8 Å². The van der Waals surface area contributed by atoms with E-state index in [4.69, 9.17) is 37.0 Å². The van der Waals surface area contributed by atoms with Gasteiger partial charge in [-0.15, -0.1) is 0 Å². The number of carbonyl (C=O) groups is 4. The fourth-order valence-electron chi connectivity index (χ4n) is 9.50. The number of carbonyl (C=O) groups excluding carboxylic acids is 4. The summed E-state index contributed by atoms with van der Waals surface area (Å²) in [4.78, 5) is 72.1. The van der Waals surface area contributed by atoms with Gasteiger partial charge in [0.25, 0.3) is 0 Å². The van der Waals surface area contributed by atoms with E-state index in [1.54, 1.807) is 0 Å². The molecule has 83 heavy (non-hydrogen) atoms. The predicted molar refractivity (Wildman–Crippen MR) is 331 cm³/mol. The first-order chi connectivity index (χ1) is 39.9. The van der Waals surface area contributed by atoms with Crippen LogP contribution in [0.2, 0.25) is 0 Å². The summed E-state index contributed by atoms with van der Waals surface area (Å²) in [7, 11) is -9.88. The predicted octanol–water partition coefficient (Wildman–Crippen LogP) is 17.7. The number of hydrogen-bond acceptors (Lipinski definition) is 15. The van der Waals surface area contributed by atoms with Crippen molar-refractivity contribution in [2.45, 2.75) is 336 Å². The lowest BCUT2D eigenvalue weighted by Crippen LogP contribution is -2.30. The molecular weight excluding hydrogens is 1100 g/mol. The molecule has 0 aromatic carbocycles. The summed E-state index contributed by atoms with van der Waals surface area (Å²) in [5.74, 6) is -0.640. The van der Waals surface area contributed by atoms with Crippen LogP contribution in [-0.4, -0.2) is 96.7 Å². The van der Waals surface area contributed by atoms with Crippen LogP contribution in [-0.2, 0) is 65.4 Å². The molecule has 0 aromatic rings. The molecule has 0 heterocycles. The highest BCUT2D eigenvalue weighted by atomic mass is 31.2. The number of aliphatic hydroxyl groups excluding tert-OH is 1. The average Bonchev–Trinajstić information content (AvgIpc) is 3.46. The fourth-order valence-corrected chi connectivity index (χ4v) is 11.1. The molecule has 0 aliphatic rings. The number of aliphatic hydroxyl groups is 1. The van der Waals surface area contributed by atoms with Gasteiger partial charge in [-0.25, -0.2) is 9.13 Å². The molecule has 0 rings (SSSR count). The zero-order valence-electron chi connectivity index (χ0n) is 53.5. The van der Waals surface area contributed by atoms with E-state index in [9.17, 15) is 43.2 Å². The third-order valence-corrected chi connectivity index (χ3v) is 17.0. The van der Waals surface area contributed by atoms with Crippen LogP contribution in [0.15, 0.2) is 0 Å². The normalized spacial score (nSPS) is 14.6. The number of esters is 4. The number of hydrogen-bond donors (Lipinski definition) is 3. The lowest BCUT2D eigenvalue weighted by molar-refractivity contribution is -0.161. The molecule has 0 aliphatic heterocycles. The molecule has 0 fully saturated rings. The third kappa shape index (κ3) is 57.6. The van der Waals surface area contributed by atoms with Crippen LogP contribution in [0.1, 0.15) is 318 Å². The van der Waals surface area contributed by atoms with Crippen molar-refractivity contribution in [2.24, 2.45) is 11.8 Å². The highest BCUT2D eigenvalue weighted by molar-refractivity contribution is 7.47. The van der Waals surface area contributed by atoms with Gasteiger partial charge in [0.1, 0.15) is 19.3 Å². The first-order valence-electron chi connectivity index (χ1n) is 33.5. The monoisotopic (exact) mass is 1230 g/mol. The second-order valence-electron chi connectivity index (χ2n) is 23.9. The van der Waals surface area contributed by atoms with E-state index in [0.29, 0.717) is 31.6 Å². The van der Waals surface area contributed by atoms with Gasteiger partial charge in [0.2, 0.25) is 0 Å². The van der Waals surface area contributed by atoms with E-state index >= 15 is 0 Å². The van der Waals surface area contributed by atoms with Crippen molar-refractivity contribution < 1.29 is 80.2 Å². The lowest BCUT2D eigenvalue weighted by Gasteiger charge is -2.21. The van der Waals surface area contributed by atoms with E-state index in [-0.39, 0.29) is 25.7 Å². The molecule has 17 nitrogen and oxygen atoms in total. The summed E-state index contributed by atoms with van der Waals surface area (Å²) >= 11 is 0. The first-order valence-corrected chi connectivity index (χ1v) is 36.5. The molecule has 0 bridgehead atoms. The first kappa shape index (κ1) is 81.1. The number of ether oxygens (including phenoxy) is 4. The van der Waals surface area contributed by atoms with Crippen LogP contribution in [0.4, 0.5) is 0 Å². The SMILES string of the molecule is CCCCCCCCCCCCCCC(=O)OC[C@H](COP(=O)(O)OC[C@@H](O)COP(=O)(O)OC[C@@H](COC(=O)CCCCCCCCC)OC(=O)CCCCCCCCCC(C)C)OC(=O)CCCCCCCCCCCCC(C)CC. The Labute approximate surface area is 505 Å². The number of phosphoric ester groups is 2. The molecule has 0 spiro atoms. The minimum absolute atomic E-state index is 0.103. The number of rotatable bonds is 63. The lowest BCUT2D eigenvalue weighted by atomic mass is 9.99. The Morgan fingerprint density at radius 2 is 0.614 bits per heavy atom. The maximum atomic E-state index is 13.0. The van der Waals surface area contributed by atoms with Crippen LogP contribution in [0.3, 0.4) is 0 Å². The Hall–Kier alpha value is -1.94. The molecule has 19 heteroatoms. The Bertz CT molecular complexity index is 1630. The molecule has 0 amide bonds. The Balaban J connectivity index is 5.22. The topological polar surface area (TPSA) is 237 Å². The Kier molecular flexibility index (Phi) is 55.2. The standard InChI is InChI=1S/C64H124O17P2/c1-7-10-12-14-16-17-18-19-23-29-35-41-47-62(67)75-53-60(80-63(68)48-42-36-30-24-21-20-22-28-33-39-45-57(6)9-3)55-79-83(72,73)77-51-58(65)50-76-82(70,71)78-54-59(52-74-61(66)46-40-34-26-15-13-11-8-2)81-64(69)49-43-37-31-25-27-32-38-44-56(4)5/h56-60,65H,7-55H2,1-6H3,(H,70,71)(H,72,73)/t57?,58-,59+,60+/m0/s1. The van der Waals surface area contributed by atoms with Crippen molar-refractivity contribution >= 4 is 39.5 Å². The van der Waals surface area contributed by atoms with E-state index in [2.05, 4.69) is 41.5 Å². The molecule has 3 N–H and O–H groups in total. The van der Waals surface area contributed by atoms with Crippen molar-refractivity contribution in [3.05, 3.63) is 0 Å². The Morgan fingerprint density at radius 3 is 0.916 bits per heavy atom. The van der Waals surface area contributed by atoms with E-state index in [1.165, 1.54) is 122 Å². The van der Waals surface area contributed by atoms with Crippen LogP contribution in [0.5, 0.6) is 0 Å². The van der Waals surface area contributed by atoms with Gasteiger partial charge in [-0.1, -0.05) is 266 Å². The highest BCUT2D eigenvalue weighted by Crippen LogP contribution is 2.45. The zero-order chi connectivity index (χ0) is 61.5. The van der Waals surface area contributed by atoms with Gasteiger partial charge < -0.3 is 33.8 Å². The van der Waals surface area contributed by atoms with Gasteiger partial charge in [-0.3, -0.25) is 37.3 Å². The third-order valence-electron chi connectivity index (χ3n) is 15.1. The summed E-state index contributed by atoms with van der Waals surface area (Å²) < 4.78 is 67.9. The smallest absolute Gasteiger partial charge is 0.462 e. The van der Waals surface area contributed by atoms with Crippen molar-refractivity contribution in [3.8, 4) is 0 Å². The summed E-state index contributed by atoms with van der Waals surface area (Å²) in [6.45, 7) is 9.42. The van der Waals surface area contributed by atoms with Crippen molar-refractivity contribution in [1.82, 2.24) is 0 Å². The molecule has 6 atom stereocenters. The zero-order valence-corrected chi connectivity index (χ0v) is 55.3. The minimum atomic E-state index is -4.94. The molecule has 0 radical (unpaired) electrons. The maximum Gasteiger partial charge on any atom is 0.472 e. The second kappa shape index (κ2) is 56.6. The van der Waals surface area contributed by atoms with Crippen LogP contribution in [0.25, 0.3) is 0 Å². The van der Waals surface area contributed by atoms with Crippen molar-refractivity contribution in [3.63, 3.8) is 0 Å². The van der Waals surface area contributed by atoms with Crippen LogP contribution >= 0.6 is 15.6 Å². The second-order valence-corrected chi connectivity index (χ2v) is 26.8. The van der Waals surface area contributed by atoms with Gasteiger partial charge >= 0.3 is 39.5 Å². The fraction of sp³-hybridized carbons (Fsp3) is 0.938. The quantitative estimate of drug-likeness (QED) is 0.0222. The number of unbranched alkanes of at least 4 members (excludes halogenated alkanes) is 32. The van der Waals surface area contributed by atoms with E-state index in [0.717, 1.165) is 109 Å². The molecule has 0 aromatic heterocycles. The van der Waals surface area contributed by atoms with E-state index < -0.39 is 97.5 Å². The Morgan fingerprint density at radius 1 is 0.349 bits per heavy atom. The summed E-state index contributed by atoms with van der Waals surface area (Å²) in [5, 5.41) is 10.5. The summed E-state index contributed by atoms with van der Waals surface area (Å²) in [6.07, 6.45) is 39.0. The van der Waals surface area contributed by atoms with Gasteiger partial charge in [0.15, 0.2) is 12.2 Å². The molecule has 3 unspecified atom stereocenters. The molecular formula is C64H124O17P2. The molecule has 0 saturated carbocycles. The summed E-state index contributed by atoms with van der Waals surface area (Å²) in [6, 6.07) is 0. The largest absolute Gasteiger partial charge is 0.472 e. The maximum absolute atomic E-state index is 13.0. The highest BCUT2D eigenvalue weighted by Gasteiger charge is 2.30. The van der Waals surface area contributed by atoms with Gasteiger partial charge in [0.05, 0.1) is 26.4 Å². The minimum Gasteiger partial charge on any atom is -0.462 e. The molecule has 0 saturated heterocycles. The van der Waals surface area contributed by atoms with E-state index in [1.807, 2.05) is 0 Å². The average molecular weight is 1230 g/mol. The molecule has 492 valence electrons. The van der Waals surface area contributed by atoms with Crippen molar-refractivity contribution in [1.29, 1.82) is 0 Å².